The molecule has 9 heteroatoms. The molecule has 1 aliphatic carbocycles. The molecule has 0 saturated heterocycles. The topological polar surface area (TPSA) is 129 Å². The van der Waals surface area contributed by atoms with Crippen LogP contribution in [0.25, 0.3) is 0 Å². The second-order valence-electron chi connectivity index (χ2n) is 6.74. The Kier molecular flexibility index (Phi) is 5.90. The van der Waals surface area contributed by atoms with Crippen molar-refractivity contribution in [3.63, 3.8) is 0 Å². The number of ketones is 2. The van der Waals surface area contributed by atoms with Gasteiger partial charge >= 0.3 is 29.6 Å². The quantitative estimate of drug-likeness (QED) is 0.266. The zero-order valence-electron chi connectivity index (χ0n) is 16.2. The number of nitrogens with two attached hydrogens (primary N) is 1. The number of nitrogens with one attached hydrogen (secondary N) is 1. The van der Waals surface area contributed by atoms with Crippen molar-refractivity contribution in [3.8, 4) is 0 Å². The maximum absolute atomic E-state index is 13.2. The van der Waals surface area contributed by atoms with Gasteiger partial charge in [-0.3, -0.25) is 9.59 Å². The molecular weight excluding hydrogens is 415 g/mol. The molecule has 0 aromatic heterocycles. The van der Waals surface area contributed by atoms with E-state index in [1.165, 1.54) is 12.1 Å². The van der Waals surface area contributed by atoms with Gasteiger partial charge in [-0.05, 0) is 30.7 Å². The summed E-state index contributed by atoms with van der Waals surface area (Å²) in [6, 6.07) is 14.3. The van der Waals surface area contributed by atoms with Gasteiger partial charge in [0, 0.05) is 16.8 Å². The van der Waals surface area contributed by atoms with E-state index in [1.807, 2.05) is 13.0 Å². The van der Waals surface area contributed by atoms with Crippen LogP contribution in [0.3, 0.4) is 0 Å². The van der Waals surface area contributed by atoms with Crippen LogP contribution in [0, 0.1) is 6.92 Å². The molecule has 0 saturated carbocycles. The van der Waals surface area contributed by atoms with E-state index in [1.54, 1.807) is 30.3 Å². The summed E-state index contributed by atoms with van der Waals surface area (Å²) >= 11 is 0. The number of hydrogen-bond acceptors (Lipinski definition) is 7. The van der Waals surface area contributed by atoms with E-state index in [-0.39, 0.29) is 57.5 Å². The van der Waals surface area contributed by atoms with Crippen LogP contribution in [0.15, 0.2) is 59.5 Å². The molecule has 0 amide bonds. The van der Waals surface area contributed by atoms with Crippen LogP contribution in [0.2, 0.25) is 0 Å². The Bertz CT molecular complexity index is 1320. The normalized spacial score (nSPS) is 12.6. The summed E-state index contributed by atoms with van der Waals surface area (Å²) in [4.78, 5) is 25.5. The zero-order chi connectivity index (χ0) is 20.9. The molecule has 0 unspecified atom stereocenters. The Morgan fingerprint density at radius 1 is 0.900 bits per heavy atom. The Morgan fingerprint density at radius 2 is 1.50 bits per heavy atom. The SMILES string of the molecule is Cc1cccc(Nc2cc(S(=O)(=O)[O-])c(N)c3c2C(=O)c2ccccc2C3=O)c1.[Na+]. The van der Waals surface area contributed by atoms with E-state index in [4.69, 9.17) is 5.73 Å². The maximum atomic E-state index is 13.2. The number of benzene rings is 3. The number of nitrogen functional groups attached to an aromatic ring is 1. The molecule has 7 nitrogen and oxygen atoms in total. The molecule has 0 fully saturated rings. The molecule has 146 valence electrons. The van der Waals surface area contributed by atoms with Crippen molar-refractivity contribution in [2.45, 2.75) is 11.8 Å². The molecule has 0 spiro atoms. The second-order valence-corrected chi connectivity index (χ2v) is 8.09. The standard InChI is InChI=1S/C21H16N2O5S.Na/c1-11-5-4-6-12(9-11)23-15-10-16(29(26,27)28)19(22)18-17(15)20(24)13-7-2-3-8-14(13)21(18)25;/h2-10,23H,22H2,1H3,(H,26,27,28);/q;+1/p-1. The van der Waals surface area contributed by atoms with Gasteiger partial charge in [-0.15, -0.1) is 0 Å². The fourth-order valence-electron chi connectivity index (χ4n) is 3.48. The Balaban J connectivity index is 0.00000256. The molecule has 0 bridgehead atoms. The number of rotatable bonds is 3. The van der Waals surface area contributed by atoms with Gasteiger partial charge in [0.25, 0.3) is 0 Å². The van der Waals surface area contributed by atoms with E-state index in [0.717, 1.165) is 11.6 Å². The molecule has 3 N–H and O–H groups in total. The first-order valence-electron chi connectivity index (χ1n) is 8.63. The van der Waals surface area contributed by atoms with Gasteiger partial charge in [0.05, 0.1) is 27.4 Å². The van der Waals surface area contributed by atoms with Crippen LogP contribution in [0.1, 0.15) is 37.4 Å². The number of anilines is 3. The van der Waals surface area contributed by atoms with Crippen LogP contribution < -0.4 is 40.6 Å². The van der Waals surface area contributed by atoms with Crippen molar-refractivity contribution >= 4 is 38.7 Å². The number of hydrogen-bond donors (Lipinski definition) is 2. The Hall–Kier alpha value is -2.49. The largest absolute Gasteiger partial charge is 1.00 e. The summed E-state index contributed by atoms with van der Waals surface area (Å²) in [6.45, 7) is 1.86. The Morgan fingerprint density at radius 3 is 2.07 bits per heavy atom. The van der Waals surface area contributed by atoms with Gasteiger partial charge in [-0.25, -0.2) is 8.42 Å². The smallest absolute Gasteiger partial charge is 0.744 e. The average Bonchev–Trinajstić information content (AvgIpc) is 2.66. The molecule has 3 aromatic carbocycles. The van der Waals surface area contributed by atoms with Crippen LogP contribution in [0.4, 0.5) is 17.1 Å². The molecule has 4 rings (SSSR count). The van der Waals surface area contributed by atoms with E-state index >= 15 is 0 Å². The zero-order valence-corrected chi connectivity index (χ0v) is 19.0. The van der Waals surface area contributed by atoms with Crippen molar-refractivity contribution in [1.82, 2.24) is 0 Å². The number of carbonyl (C=O) groups excluding carboxylic acids is 2. The third-order valence-electron chi connectivity index (χ3n) is 4.77. The van der Waals surface area contributed by atoms with Gasteiger partial charge in [-0.2, -0.15) is 0 Å². The van der Waals surface area contributed by atoms with Gasteiger partial charge in [-0.1, -0.05) is 36.4 Å². The van der Waals surface area contributed by atoms with Gasteiger partial charge in [0.2, 0.25) is 0 Å². The van der Waals surface area contributed by atoms with Crippen molar-refractivity contribution in [1.29, 1.82) is 0 Å². The molecule has 3 aromatic rings. The third-order valence-corrected chi connectivity index (χ3v) is 5.64. The Labute approximate surface area is 195 Å². The summed E-state index contributed by atoms with van der Waals surface area (Å²) in [5, 5.41) is 2.96. The molecule has 0 heterocycles. The first-order valence-corrected chi connectivity index (χ1v) is 10.0. The van der Waals surface area contributed by atoms with Gasteiger partial charge in [0.1, 0.15) is 10.1 Å². The average molecular weight is 430 g/mol. The van der Waals surface area contributed by atoms with Crippen LogP contribution in [-0.4, -0.2) is 24.5 Å². The van der Waals surface area contributed by atoms with E-state index in [0.29, 0.717) is 5.69 Å². The molecular formula is C21H15N2NaO5S. The van der Waals surface area contributed by atoms with E-state index in [9.17, 15) is 22.6 Å². The summed E-state index contributed by atoms with van der Waals surface area (Å²) < 4.78 is 35.3. The van der Waals surface area contributed by atoms with Crippen LogP contribution in [-0.2, 0) is 10.1 Å². The van der Waals surface area contributed by atoms with Crippen molar-refractivity contribution in [2.75, 3.05) is 11.1 Å². The summed E-state index contributed by atoms with van der Waals surface area (Å²) in [7, 11) is -4.99. The van der Waals surface area contributed by atoms with Crippen LogP contribution in [0.5, 0.6) is 0 Å². The number of aryl methyl sites for hydroxylation is 1. The first kappa shape index (κ1) is 22.2. The van der Waals surface area contributed by atoms with Gasteiger partial charge < -0.3 is 15.6 Å². The first-order chi connectivity index (χ1) is 13.7. The summed E-state index contributed by atoms with van der Waals surface area (Å²) in [5.41, 5.74) is 6.87. The fraction of sp³-hybridized carbons (Fsp3) is 0.0476. The maximum Gasteiger partial charge on any atom is 1.00 e. The predicted molar refractivity (Wildman–Crippen MR) is 107 cm³/mol. The minimum atomic E-state index is -4.99. The summed E-state index contributed by atoms with van der Waals surface area (Å²) in [6.07, 6.45) is 0. The molecule has 30 heavy (non-hydrogen) atoms. The fourth-order valence-corrected chi connectivity index (χ4v) is 4.11. The molecule has 1 aliphatic rings. The number of fused-ring (bicyclic) bond motifs is 2. The van der Waals surface area contributed by atoms with E-state index < -0.39 is 32.3 Å². The van der Waals surface area contributed by atoms with Crippen LogP contribution >= 0.6 is 0 Å². The van der Waals surface area contributed by atoms with Crippen molar-refractivity contribution < 1.29 is 52.1 Å². The minimum Gasteiger partial charge on any atom is -0.744 e. The third kappa shape index (κ3) is 3.68. The summed E-state index contributed by atoms with van der Waals surface area (Å²) in [5.74, 6) is -1.09. The van der Waals surface area contributed by atoms with Crippen molar-refractivity contribution in [2.24, 2.45) is 0 Å². The monoisotopic (exact) mass is 430 g/mol. The molecule has 0 atom stereocenters. The second kappa shape index (κ2) is 7.98. The number of carbonyl (C=O) groups is 2. The van der Waals surface area contributed by atoms with Gasteiger partial charge in [0.15, 0.2) is 11.6 Å². The minimum absolute atomic E-state index is 0. The predicted octanol–water partition coefficient (Wildman–Crippen LogP) is 0.00432. The van der Waals surface area contributed by atoms with E-state index in [2.05, 4.69) is 5.32 Å². The molecule has 0 radical (unpaired) electrons. The molecule has 0 aliphatic heterocycles. The van der Waals surface area contributed by atoms with Crippen molar-refractivity contribution in [3.05, 3.63) is 82.4 Å².